The lowest BCUT2D eigenvalue weighted by Crippen LogP contribution is -2.30. The summed E-state index contributed by atoms with van der Waals surface area (Å²) in [6, 6.07) is 9.66. The number of hydroxylamine groups is 2. The van der Waals surface area contributed by atoms with Crippen molar-refractivity contribution < 1.29 is 19.5 Å². The van der Waals surface area contributed by atoms with Gasteiger partial charge in [0.2, 0.25) is 5.91 Å². The van der Waals surface area contributed by atoms with Gasteiger partial charge >= 0.3 is 0 Å². The highest BCUT2D eigenvalue weighted by molar-refractivity contribution is 5.75. The molecular formula is C13H19NO4. The van der Waals surface area contributed by atoms with Gasteiger partial charge in [-0.2, -0.15) is 0 Å². The highest BCUT2D eigenvalue weighted by Crippen LogP contribution is 2.03. The molecule has 0 fully saturated rings. The summed E-state index contributed by atoms with van der Waals surface area (Å²) in [4.78, 5) is 16.1. The van der Waals surface area contributed by atoms with Gasteiger partial charge in [0.05, 0.1) is 32.8 Å². The predicted molar refractivity (Wildman–Crippen MR) is 66.5 cm³/mol. The fourth-order valence-corrected chi connectivity index (χ4v) is 1.38. The van der Waals surface area contributed by atoms with Crippen LogP contribution in [0.25, 0.3) is 0 Å². The molecule has 0 saturated carbocycles. The molecule has 0 radical (unpaired) electrons. The van der Waals surface area contributed by atoms with Crippen molar-refractivity contribution in [1.82, 2.24) is 5.06 Å². The van der Waals surface area contributed by atoms with Crippen molar-refractivity contribution in [2.24, 2.45) is 0 Å². The molecule has 0 unspecified atom stereocenters. The molecule has 1 N–H and O–H groups in total. The molecule has 1 aromatic rings. The van der Waals surface area contributed by atoms with Crippen molar-refractivity contribution in [3.63, 3.8) is 0 Å². The van der Waals surface area contributed by atoms with E-state index in [-0.39, 0.29) is 18.9 Å². The Bertz CT molecular complexity index is 355. The molecule has 0 aliphatic heterocycles. The van der Waals surface area contributed by atoms with Crippen molar-refractivity contribution >= 4 is 5.91 Å². The van der Waals surface area contributed by atoms with Crippen molar-refractivity contribution in [1.29, 1.82) is 0 Å². The van der Waals surface area contributed by atoms with Crippen LogP contribution in [-0.4, -0.2) is 42.9 Å². The van der Waals surface area contributed by atoms with Crippen LogP contribution >= 0.6 is 0 Å². The number of ether oxygens (including phenoxy) is 1. The van der Waals surface area contributed by atoms with Crippen LogP contribution in [0.3, 0.4) is 0 Å². The quantitative estimate of drug-likeness (QED) is 0.736. The molecule has 1 aromatic carbocycles. The summed E-state index contributed by atoms with van der Waals surface area (Å²) in [5.74, 6) is -0.284. The van der Waals surface area contributed by atoms with Gasteiger partial charge < -0.3 is 9.84 Å². The molecule has 1 amide bonds. The molecule has 0 aliphatic rings. The van der Waals surface area contributed by atoms with E-state index in [4.69, 9.17) is 9.57 Å². The second kappa shape index (κ2) is 7.81. The first-order valence-electron chi connectivity index (χ1n) is 5.74. The third kappa shape index (κ3) is 5.27. The second-order valence-electron chi connectivity index (χ2n) is 3.93. The molecular weight excluding hydrogens is 234 g/mol. The monoisotopic (exact) mass is 253 g/mol. The number of nitrogens with zero attached hydrogens (tertiary/aromatic N) is 1. The minimum absolute atomic E-state index is 0.0148. The second-order valence-corrected chi connectivity index (χ2v) is 3.93. The van der Waals surface area contributed by atoms with E-state index in [1.807, 2.05) is 30.3 Å². The lowest BCUT2D eigenvalue weighted by molar-refractivity contribution is -0.171. The number of rotatable bonds is 7. The maximum atomic E-state index is 11.4. The minimum Gasteiger partial charge on any atom is -0.390 e. The number of benzene rings is 1. The van der Waals surface area contributed by atoms with E-state index in [1.54, 1.807) is 0 Å². The third-order valence-corrected chi connectivity index (χ3v) is 2.46. The zero-order chi connectivity index (χ0) is 13.4. The number of amides is 1. The summed E-state index contributed by atoms with van der Waals surface area (Å²) in [5, 5.41) is 10.7. The maximum Gasteiger partial charge on any atom is 0.248 e. The normalized spacial score (nSPS) is 12.2. The van der Waals surface area contributed by atoms with Gasteiger partial charge in [0.15, 0.2) is 0 Å². The van der Waals surface area contributed by atoms with E-state index in [2.05, 4.69) is 0 Å². The van der Waals surface area contributed by atoms with Gasteiger partial charge in [-0.15, -0.1) is 0 Å². The highest BCUT2D eigenvalue weighted by Gasteiger charge is 2.14. The Kier molecular flexibility index (Phi) is 6.35. The number of carbonyl (C=O) groups is 1. The van der Waals surface area contributed by atoms with Crippen LogP contribution in [0.15, 0.2) is 30.3 Å². The highest BCUT2D eigenvalue weighted by atomic mass is 16.7. The summed E-state index contributed by atoms with van der Waals surface area (Å²) in [6.07, 6.45) is -0.835. The molecule has 0 heterocycles. The van der Waals surface area contributed by atoms with Crippen LogP contribution in [0.5, 0.6) is 0 Å². The van der Waals surface area contributed by atoms with Crippen molar-refractivity contribution in [2.75, 3.05) is 20.8 Å². The Labute approximate surface area is 107 Å². The maximum absolute atomic E-state index is 11.4. The first-order valence-corrected chi connectivity index (χ1v) is 5.74. The van der Waals surface area contributed by atoms with Crippen LogP contribution in [0.4, 0.5) is 0 Å². The number of hydrogen-bond acceptors (Lipinski definition) is 4. The smallest absolute Gasteiger partial charge is 0.248 e. The van der Waals surface area contributed by atoms with Crippen LogP contribution in [0, 0.1) is 0 Å². The lowest BCUT2D eigenvalue weighted by Gasteiger charge is -2.16. The molecule has 18 heavy (non-hydrogen) atoms. The van der Waals surface area contributed by atoms with E-state index in [0.717, 1.165) is 10.6 Å². The summed E-state index contributed by atoms with van der Waals surface area (Å²) in [7, 11) is 2.90. The zero-order valence-corrected chi connectivity index (χ0v) is 10.7. The molecule has 1 atom stereocenters. The van der Waals surface area contributed by atoms with Crippen molar-refractivity contribution in [3.8, 4) is 0 Å². The molecule has 5 heteroatoms. The van der Waals surface area contributed by atoms with Gasteiger partial charge in [-0.25, -0.2) is 5.06 Å². The fraction of sp³-hybridized carbons (Fsp3) is 0.462. The molecule has 0 aliphatic carbocycles. The molecule has 0 bridgehead atoms. The Morgan fingerprint density at radius 3 is 2.67 bits per heavy atom. The summed E-state index contributed by atoms with van der Waals surface area (Å²) in [6.45, 7) is 0.546. The largest absolute Gasteiger partial charge is 0.390 e. The standard InChI is InChI=1S/C13H19NO4/c1-14(17-2)13(16)8-12(15)10-18-9-11-6-4-3-5-7-11/h3-7,12,15H,8-10H2,1-2H3/t12-/m0/s1. The minimum atomic E-state index is -0.821. The van der Waals surface area contributed by atoms with Crippen LogP contribution < -0.4 is 0 Å². The van der Waals surface area contributed by atoms with Crippen LogP contribution in [-0.2, 0) is 21.0 Å². The first-order chi connectivity index (χ1) is 8.63. The average molecular weight is 253 g/mol. The van der Waals surface area contributed by atoms with E-state index in [9.17, 15) is 9.90 Å². The Hall–Kier alpha value is -1.43. The van der Waals surface area contributed by atoms with E-state index in [0.29, 0.717) is 6.61 Å². The Morgan fingerprint density at radius 1 is 1.39 bits per heavy atom. The summed E-state index contributed by atoms with van der Waals surface area (Å²) < 4.78 is 5.33. The predicted octanol–water partition coefficient (Wildman–Crippen LogP) is 0.974. The van der Waals surface area contributed by atoms with Crippen molar-refractivity contribution in [2.45, 2.75) is 19.1 Å². The summed E-state index contributed by atoms with van der Waals surface area (Å²) in [5.41, 5.74) is 1.03. The average Bonchev–Trinajstić information content (AvgIpc) is 2.38. The number of carbonyl (C=O) groups excluding carboxylic acids is 1. The van der Waals surface area contributed by atoms with E-state index in [1.165, 1.54) is 14.2 Å². The Balaban J connectivity index is 2.21. The number of hydrogen-bond donors (Lipinski definition) is 1. The van der Waals surface area contributed by atoms with E-state index >= 15 is 0 Å². The van der Waals surface area contributed by atoms with Crippen molar-refractivity contribution in [3.05, 3.63) is 35.9 Å². The summed E-state index contributed by atoms with van der Waals surface area (Å²) >= 11 is 0. The fourth-order valence-electron chi connectivity index (χ4n) is 1.38. The molecule has 100 valence electrons. The van der Waals surface area contributed by atoms with Gasteiger partial charge in [-0.1, -0.05) is 30.3 Å². The number of aliphatic hydroxyl groups excluding tert-OH is 1. The molecule has 1 rings (SSSR count). The molecule has 0 saturated heterocycles. The molecule has 0 spiro atoms. The first kappa shape index (κ1) is 14.6. The van der Waals surface area contributed by atoms with E-state index < -0.39 is 6.10 Å². The number of aliphatic hydroxyl groups is 1. The Morgan fingerprint density at radius 2 is 2.06 bits per heavy atom. The van der Waals surface area contributed by atoms with Gasteiger partial charge in [0.25, 0.3) is 0 Å². The third-order valence-electron chi connectivity index (χ3n) is 2.46. The lowest BCUT2D eigenvalue weighted by atomic mass is 10.2. The van der Waals surface area contributed by atoms with Gasteiger partial charge in [0.1, 0.15) is 0 Å². The zero-order valence-electron chi connectivity index (χ0n) is 10.7. The molecule has 0 aromatic heterocycles. The topological polar surface area (TPSA) is 59.0 Å². The van der Waals surface area contributed by atoms with Gasteiger partial charge in [0, 0.05) is 7.05 Å². The van der Waals surface area contributed by atoms with Gasteiger partial charge in [-0.3, -0.25) is 9.63 Å². The molecule has 5 nitrogen and oxygen atoms in total. The SMILES string of the molecule is CON(C)C(=O)C[C@H](O)COCc1ccccc1. The van der Waals surface area contributed by atoms with Crippen LogP contribution in [0.1, 0.15) is 12.0 Å². The van der Waals surface area contributed by atoms with Gasteiger partial charge in [-0.05, 0) is 5.56 Å². The van der Waals surface area contributed by atoms with Crippen LogP contribution in [0.2, 0.25) is 0 Å².